The van der Waals surface area contributed by atoms with Crippen LogP contribution in [0, 0.1) is 5.92 Å². The van der Waals surface area contributed by atoms with Crippen molar-refractivity contribution in [1.82, 2.24) is 0 Å². The average molecular weight is 314 g/mol. The maximum absolute atomic E-state index is 5.98. The summed E-state index contributed by atoms with van der Waals surface area (Å²) in [5.41, 5.74) is 2.57. The SMILES string of the molecule is C=C/C=C(\CC)CC(C=C)CC(C)OCc1ccc(OC)cc1. The molecule has 0 amide bonds. The van der Waals surface area contributed by atoms with Gasteiger partial charge in [-0.3, -0.25) is 0 Å². The molecular formula is C21H30O2. The Labute approximate surface area is 141 Å². The van der Waals surface area contributed by atoms with Crippen LogP contribution in [-0.4, -0.2) is 13.2 Å². The molecule has 0 spiro atoms. The van der Waals surface area contributed by atoms with Crippen LogP contribution in [0.5, 0.6) is 5.75 Å². The molecule has 0 fully saturated rings. The van der Waals surface area contributed by atoms with Gasteiger partial charge in [-0.1, -0.05) is 49.4 Å². The van der Waals surface area contributed by atoms with Gasteiger partial charge in [-0.25, -0.2) is 0 Å². The van der Waals surface area contributed by atoms with Gasteiger partial charge in [0.25, 0.3) is 0 Å². The van der Waals surface area contributed by atoms with E-state index in [0.29, 0.717) is 12.5 Å². The van der Waals surface area contributed by atoms with E-state index < -0.39 is 0 Å². The lowest BCUT2D eigenvalue weighted by molar-refractivity contribution is 0.0405. The maximum Gasteiger partial charge on any atom is 0.118 e. The summed E-state index contributed by atoms with van der Waals surface area (Å²) in [6.45, 7) is 12.7. The zero-order chi connectivity index (χ0) is 17.1. The number of hydrogen-bond donors (Lipinski definition) is 0. The molecule has 0 aromatic heterocycles. The van der Waals surface area contributed by atoms with Crippen molar-refractivity contribution in [1.29, 1.82) is 0 Å². The molecule has 0 aliphatic heterocycles. The van der Waals surface area contributed by atoms with Crippen molar-refractivity contribution in [3.8, 4) is 5.75 Å². The Bertz CT molecular complexity index is 499. The summed E-state index contributed by atoms with van der Waals surface area (Å²) in [5, 5.41) is 0. The first-order chi connectivity index (χ1) is 11.1. The van der Waals surface area contributed by atoms with Crippen molar-refractivity contribution in [3.05, 3.63) is 66.8 Å². The highest BCUT2D eigenvalue weighted by Crippen LogP contribution is 2.22. The summed E-state index contributed by atoms with van der Waals surface area (Å²) < 4.78 is 11.1. The van der Waals surface area contributed by atoms with Gasteiger partial charge in [-0.15, -0.1) is 6.58 Å². The molecule has 2 unspecified atom stereocenters. The number of ether oxygens (including phenoxy) is 2. The average Bonchev–Trinajstić information content (AvgIpc) is 2.59. The molecule has 0 heterocycles. The second-order valence-corrected chi connectivity index (χ2v) is 5.82. The summed E-state index contributed by atoms with van der Waals surface area (Å²) in [6, 6.07) is 8.00. The lowest BCUT2D eigenvalue weighted by atomic mass is 9.92. The molecule has 0 aliphatic rings. The molecule has 2 atom stereocenters. The van der Waals surface area contributed by atoms with E-state index in [1.807, 2.05) is 36.4 Å². The number of methoxy groups -OCH3 is 1. The Hall–Kier alpha value is -1.80. The summed E-state index contributed by atoms with van der Waals surface area (Å²) in [6.07, 6.45) is 9.28. The van der Waals surface area contributed by atoms with Crippen LogP contribution in [0.2, 0.25) is 0 Å². The van der Waals surface area contributed by atoms with Crippen LogP contribution in [0.3, 0.4) is 0 Å². The number of rotatable bonds is 11. The molecule has 126 valence electrons. The zero-order valence-corrected chi connectivity index (χ0v) is 14.8. The van der Waals surface area contributed by atoms with Crippen molar-refractivity contribution in [2.45, 2.75) is 45.8 Å². The fourth-order valence-corrected chi connectivity index (χ4v) is 2.55. The Balaban J connectivity index is 2.46. The van der Waals surface area contributed by atoms with E-state index in [2.05, 4.69) is 33.1 Å². The minimum atomic E-state index is 0.196. The van der Waals surface area contributed by atoms with E-state index in [0.717, 1.165) is 30.6 Å². The lowest BCUT2D eigenvalue weighted by Gasteiger charge is -2.20. The van der Waals surface area contributed by atoms with Gasteiger partial charge >= 0.3 is 0 Å². The van der Waals surface area contributed by atoms with Crippen LogP contribution < -0.4 is 4.74 Å². The van der Waals surface area contributed by atoms with Crippen LogP contribution in [0.4, 0.5) is 0 Å². The third kappa shape index (κ3) is 7.34. The summed E-state index contributed by atoms with van der Waals surface area (Å²) >= 11 is 0. The predicted molar refractivity (Wildman–Crippen MR) is 98.7 cm³/mol. The molecule has 1 aromatic carbocycles. The van der Waals surface area contributed by atoms with E-state index in [9.17, 15) is 0 Å². The smallest absolute Gasteiger partial charge is 0.118 e. The summed E-state index contributed by atoms with van der Waals surface area (Å²) in [5.74, 6) is 1.31. The summed E-state index contributed by atoms with van der Waals surface area (Å²) in [4.78, 5) is 0. The van der Waals surface area contributed by atoms with Crippen molar-refractivity contribution in [3.63, 3.8) is 0 Å². The number of allylic oxidation sites excluding steroid dienone is 4. The molecule has 2 nitrogen and oxygen atoms in total. The Morgan fingerprint density at radius 2 is 1.91 bits per heavy atom. The molecule has 0 saturated carbocycles. The van der Waals surface area contributed by atoms with Gasteiger partial charge < -0.3 is 9.47 Å². The van der Waals surface area contributed by atoms with Gasteiger partial charge in [0.15, 0.2) is 0 Å². The van der Waals surface area contributed by atoms with E-state index in [-0.39, 0.29) is 6.10 Å². The first-order valence-electron chi connectivity index (χ1n) is 8.30. The van der Waals surface area contributed by atoms with Crippen molar-refractivity contribution >= 4 is 0 Å². The quantitative estimate of drug-likeness (QED) is 0.385. The van der Waals surface area contributed by atoms with Crippen molar-refractivity contribution in [2.24, 2.45) is 5.92 Å². The van der Waals surface area contributed by atoms with E-state index >= 15 is 0 Å². The first kappa shape index (κ1) is 19.2. The fraction of sp³-hybridized carbons (Fsp3) is 0.429. The van der Waals surface area contributed by atoms with Gasteiger partial charge in [0, 0.05) is 0 Å². The van der Waals surface area contributed by atoms with Crippen LogP contribution in [0.15, 0.2) is 61.2 Å². The summed E-state index contributed by atoms with van der Waals surface area (Å²) in [7, 11) is 1.67. The maximum atomic E-state index is 5.98. The first-order valence-corrected chi connectivity index (χ1v) is 8.30. The third-order valence-corrected chi connectivity index (χ3v) is 3.99. The van der Waals surface area contributed by atoms with Gasteiger partial charge in [0.1, 0.15) is 5.75 Å². The van der Waals surface area contributed by atoms with Crippen molar-refractivity contribution in [2.75, 3.05) is 7.11 Å². The van der Waals surface area contributed by atoms with E-state index in [1.54, 1.807) is 7.11 Å². The van der Waals surface area contributed by atoms with Crippen LogP contribution in [0.25, 0.3) is 0 Å². The second-order valence-electron chi connectivity index (χ2n) is 5.82. The molecule has 1 rings (SSSR count). The molecule has 23 heavy (non-hydrogen) atoms. The van der Waals surface area contributed by atoms with Crippen LogP contribution >= 0.6 is 0 Å². The highest BCUT2D eigenvalue weighted by molar-refractivity contribution is 5.26. The van der Waals surface area contributed by atoms with E-state index in [4.69, 9.17) is 9.47 Å². The minimum Gasteiger partial charge on any atom is -0.497 e. The standard InChI is InChI=1S/C21H30O2/c1-6-9-18(7-2)15-19(8-3)14-17(4)23-16-20-10-12-21(22-5)13-11-20/h6,8-13,17,19H,1,3,7,14-16H2,2,4-5H3/b18-9+. The largest absolute Gasteiger partial charge is 0.497 e. The second kappa shape index (κ2) is 10.8. The van der Waals surface area contributed by atoms with Gasteiger partial charge in [-0.05, 0) is 49.8 Å². The Kier molecular flexibility index (Phi) is 9.08. The highest BCUT2D eigenvalue weighted by atomic mass is 16.5. The monoisotopic (exact) mass is 314 g/mol. The normalized spacial score (nSPS) is 14.1. The molecule has 1 aromatic rings. The predicted octanol–water partition coefficient (Wildman–Crippen LogP) is 5.71. The van der Waals surface area contributed by atoms with Crippen molar-refractivity contribution < 1.29 is 9.47 Å². The molecule has 2 heteroatoms. The van der Waals surface area contributed by atoms with Crippen LogP contribution in [0.1, 0.15) is 38.7 Å². The minimum absolute atomic E-state index is 0.196. The fourth-order valence-electron chi connectivity index (χ4n) is 2.55. The highest BCUT2D eigenvalue weighted by Gasteiger charge is 2.12. The molecule has 0 bridgehead atoms. The Morgan fingerprint density at radius 1 is 1.22 bits per heavy atom. The molecular weight excluding hydrogens is 284 g/mol. The van der Waals surface area contributed by atoms with Gasteiger partial charge in [0.05, 0.1) is 19.8 Å². The number of hydrogen-bond acceptors (Lipinski definition) is 2. The molecule has 0 aliphatic carbocycles. The van der Waals surface area contributed by atoms with Gasteiger partial charge in [-0.2, -0.15) is 0 Å². The van der Waals surface area contributed by atoms with Gasteiger partial charge in [0.2, 0.25) is 0 Å². The lowest BCUT2D eigenvalue weighted by Crippen LogP contribution is -2.13. The number of benzene rings is 1. The molecule has 0 radical (unpaired) electrons. The Morgan fingerprint density at radius 3 is 2.43 bits per heavy atom. The third-order valence-electron chi connectivity index (χ3n) is 3.99. The van der Waals surface area contributed by atoms with Crippen LogP contribution in [-0.2, 0) is 11.3 Å². The molecule has 0 saturated heterocycles. The zero-order valence-electron chi connectivity index (χ0n) is 14.8. The topological polar surface area (TPSA) is 18.5 Å². The van der Waals surface area contributed by atoms with E-state index in [1.165, 1.54) is 5.57 Å². The molecule has 0 N–H and O–H groups in total.